The van der Waals surface area contributed by atoms with Crippen LogP contribution in [0.3, 0.4) is 0 Å². The van der Waals surface area contributed by atoms with Crippen molar-refractivity contribution in [3.05, 3.63) is 29.8 Å². The van der Waals surface area contributed by atoms with Crippen molar-refractivity contribution in [3.8, 4) is 5.75 Å². The lowest BCUT2D eigenvalue weighted by atomic mass is 9.86. The molecular weight excluding hydrogens is 346 g/mol. The van der Waals surface area contributed by atoms with Gasteiger partial charge in [0.25, 0.3) is 11.8 Å². The number of rotatable bonds is 7. The lowest BCUT2D eigenvalue weighted by Gasteiger charge is -2.27. The number of hydrogen-bond donors (Lipinski definition) is 1. The number of likely N-dealkylation sites (tertiary alicyclic amines) is 1. The molecule has 142 valence electrons. The number of hydroxylamine groups is 1. The maximum atomic E-state index is 12.8. The number of amides is 2. The Morgan fingerprint density at radius 3 is 2.65 bits per heavy atom. The van der Waals surface area contributed by atoms with Gasteiger partial charge in [-0.15, -0.1) is 0 Å². The van der Waals surface area contributed by atoms with E-state index in [1.165, 1.54) is 29.5 Å². The smallest absolute Gasteiger partial charge is 0.387 e. The molecule has 1 aliphatic heterocycles. The Labute approximate surface area is 150 Å². The van der Waals surface area contributed by atoms with E-state index >= 15 is 0 Å². The van der Waals surface area contributed by atoms with Crippen LogP contribution in [0.5, 0.6) is 5.75 Å². The molecule has 1 aliphatic carbocycles. The van der Waals surface area contributed by atoms with Crippen molar-refractivity contribution in [1.29, 1.82) is 0 Å². The zero-order valence-corrected chi connectivity index (χ0v) is 14.3. The minimum absolute atomic E-state index is 0.0166. The number of hydrogen-bond acceptors (Lipinski definition) is 4. The van der Waals surface area contributed by atoms with E-state index < -0.39 is 18.6 Å². The van der Waals surface area contributed by atoms with Gasteiger partial charge in [0.2, 0.25) is 0 Å². The summed E-state index contributed by atoms with van der Waals surface area (Å²) in [7, 11) is 0. The summed E-state index contributed by atoms with van der Waals surface area (Å²) in [6.45, 7) is -2.18. The Kier molecular flexibility index (Phi) is 6.03. The third-order valence-corrected chi connectivity index (χ3v) is 4.87. The molecule has 3 rings (SSSR count). The van der Waals surface area contributed by atoms with E-state index in [0.717, 1.165) is 12.8 Å². The summed E-state index contributed by atoms with van der Waals surface area (Å²) in [5.74, 6) is -0.602. The predicted molar refractivity (Wildman–Crippen MR) is 88.6 cm³/mol. The van der Waals surface area contributed by atoms with Crippen LogP contribution in [0.1, 0.15) is 42.5 Å². The molecule has 1 aromatic carbocycles. The topological polar surface area (TPSA) is 67.9 Å². The molecule has 1 saturated heterocycles. The van der Waals surface area contributed by atoms with Crippen LogP contribution >= 0.6 is 0 Å². The molecule has 8 heteroatoms. The number of nitrogens with zero attached hydrogens (tertiary/aromatic N) is 1. The Hall–Kier alpha value is -2.22. The van der Waals surface area contributed by atoms with E-state index in [1.54, 1.807) is 6.07 Å². The van der Waals surface area contributed by atoms with Crippen LogP contribution < -0.4 is 10.2 Å². The van der Waals surface area contributed by atoms with Gasteiger partial charge in [0.05, 0.1) is 12.2 Å². The summed E-state index contributed by atoms with van der Waals surface area (Å²) in [5.41, 5.74) is 2.44. The quantitative estimate of drug-likeness (QED) is 0.752. The highest BCUT2D eigenvalue weighted by Gasteiger charge is 2.36. The molecule has 0 bridgehead atoms. The Balaban J connectivity index is 1.63. The van der Waals surface area contributed by atoms with Crippen LogP contribution in [0.25, 0.3) is 0 Å². The number of carbonyl (C=O) groups excluding carboxylic acids is 2. The predicted octanol–water partition coefficient (Wildman–Crippen LogP) is 2.74. The van der Waals surface area contributed by atoms with Crippen LogP contribution in [0.4, 0.5) is 8.78 Å². The van der Waals surface area contributed by atoms with Crippen molar-refractivity contribution in [2.24, 2.45) is 5.92 Å². The standard InChI is InChI=1S/C18H22F2N2O4/c19-18(20)26-15-9-2-1-7-13(15)17(24)22-10-4-8-14(22)16(23)21-25-11-12-5-3-6-12/h1-2,7,9,12,14,18H,3-6,8,10-11H2,(H,21,23). The van der Waals surface area contributed by atoms with Gasteiger partial charge in [-0.05, 0) is 43.7 Å². The van der Waals surface area contributed by atoms with Gasteiger partial charge in [-0.1, -0.05) is 18.6 Å². The lowest BCUT2D eigenvalue weighted by Crippen LogP contribution is -2.46. The molecule has 2 fully saturated rings. The van der Waals surface area contributed by atoms with E-state index in [2.05, 4.69) is 10.2 Å². The van der Waals surface area contributed by atoms with E-state index in [9.17, 15) is 18.4 Å². The number of carbonyl (C=O) groups is 2. The molecule has 0 spiro atoms. The number of benzene rings is 1. The minimum Gasteiger partial charge on any atom is -0.434 e. The Bertz CT molecular complexity index is 652. The molecule has 0 radical (unpaired) electrons. The first-order valence-electron chi connectivity index (χ1n) is 8.82. The first kappa shape index (κ1) is 18.6. The fraction of sp³-hybridized carbons (Fsp3) is 0.556. The van der Waals surface area contributed by atoms with E-state index in [4.69, 9.17) is 4.84 Å². The van der Waals surface area contributed by atoms with Crippen molar-refractivity contribution >= 4 is 11.8 Å². The molecular formula is C18H22F2N2O4. The summed E-state index contributed by atoms with van der Waals surface area (Å²) in [5, 5.41) is 0. The maximum Gasteiger partial charge on any atom is 0.387 e. The zero-order chi connectivity index (χ0) is 18.5. The van der Waals surface area contributed by atoms with Gasteiger partial charge in [-0.3, -0.25) is 14.4 Å². The summed E-state index contributed by atoms with van der Waals surface area (Å²) in [6, 6.07) is 5.13. The van der Waals surface area contributed by atoms with Crippen LogP contribution in [-0.2, 0) is 9.63 Å². The zero-order valence-electron chi connectivity index (χ0n) is 14.3. The van der Waals surface area contributed by atoms with Crippen molar-refractivity contribution in [1.82, 2.24) is 10.4 Å². The molecule has 1 N–H and O–H groups in total. The lowest BCUT2D eigenvalue weighted by molar-refractivity contribution is -0.139. The monoisotopic (exact) mass is 368 g/mol. The minimum atomic E-state index is -3.03. The number of nitrogens with one attached hydrogen (secondary N) is 1. The molecule has 1 atom stereocenters. The SMILES string of the molecule is O=C(NOCC1CCC1)C1CCCN1C(=O)c1ccccc1OC(F)F. The van der Waals surface area contributed by atoms with Crippen LogP contribution in [0.2, 0.25) is 0 Å². The summed E-state index contributed by atoms with van der Waals surface area (Å²) < 4.78 is 29.5. The molecule has 1 saturated carbocycles. The van der Waals surface area contributed by atoms with Gasteiger partial charge in [-0.2, -0.15) is 8.78 Å². The molecule has 2 amide bonds. The third kappa shape index (κ3) is 4.30. The second-order valence-electron chi connectivity index (χ2n) is 6.61. The molecule has 1 aromatic rings. The van der Waals surface area contributed by atoms with Crippen LogP contribution in [-0.4, -0.2) is 42.5 Å². The third-order valence-electron chi connectivity index (χ3n) is 4.87. The van der Waals surface area contributed by atoms with E-state index in [1.807, 2.05) is 0 Å². The maximum absolute atomic E-state index is 12.8. The van der Waals surface area contributed by atoms with Gasteiger partial charge in [0, 0.05) is 6.54 Å². The molecule has 26 heavy (non-hydrogen) atoms. The van der Waals surface area contributed by atoms with Crippen LogP contribution in [0, 0.1) is 5.92 Å². The van der Waals surface area contributed by atoms with Crippen molar-refractivity contribution in [2.75, 3.05) is 13.2 Å². The first-order valence-corrected chi connectivity index (χ1v) is 8.82. The normalized spacial score (nSPS) is 20.1. The molecule has 2 aliphatic rings. The second-order valence-corrected chi connectivity index (χ2v) is 6.61. The number of halogens is 2. The average molecular weight is 368 g/mol. The summed E-state index contributed by atoms with van der Waals surface area (Å²) >= 11 is 0. The highest BCUT2D eigenvalue weighted by atomic mass is 19.3. The second kappa shape index (κ2) is 8.44. The number of alkyl halides is 2. The summed E-state index contributed by atoms with van der Waals surface area (Å²) in [4.78, 5) is 31.8. The molecule has 1 heterocycles. The Morgan fingerprint density at radius 1 is 1.19 bits per heavy atom. The molecule has 1 unspecified atom stereocenters. The van der Waals surface area contributed by atoms with Crippen molar-refractivity contribution in [2.45, 2.75) is 44.8 Å². The summed E-state index contributed by atoms with van der Waals surface area (Å²) in [6.07, 6.45) is 4.55. The van der Waals surface area contributed by atoms with E-state index in [0.29, 0.717) is 31.9 Å². The number of para-hydroxylation sites is 1. The first-order chi connectivity index (χ1) is 12.6. The van der Waals surface area contributed by atoms with E-state index in [-0.39, 0.29) is 17.2 Å². The Morgan fingerprint density at radius 2 is 1.96 bits per heavy atom. The molecule has 6 nitrogen and oxygen atoms in total. The van der Waals surface area contributed by atoms with Gasteiger partial charge >= 0.3 is 6.61 Å². The fourth-order valence-corrected chi connectivity index (χ4v) is 3.24. The van der Waals surface area contributed by atoms with Crippen molar-refractivity contribution in [3.63, 3.8) is 0 Å². The largest absolute Gasteiger partial charge is 0.434 e. The van der Waals surface area contributed by atoms with Gasteiger partial charge in [0.1, 0.15) is 11.8 Å². The van der Waals surface area contributed by atoms with Crippen LogP contribution in [0.15, 0.2) is 24.3 Å². The highest BCUT2D eigenvalue weighted by molar-refractivity contribution is 5.99. The fourth-order valence-electron chi connectivity index (χ4n) is 3.24. The van der Waals surface area contributed by atoms with Gasteiger partial charge in [0.15, 0.2) is 0 Å². The average Bonchev–Trinajstić information content (AvgIpc) is 3.06. The van der Waals surface area contributed by atoms with Gasteiger partial charge < -0.3 is 9.64 Å². The highest BCUT2D eigenvalue weighted by Crippen LogP contribution is 2.27. The molecule has 0 aromatic heterocycles. The number of ether oxygens (including phenoxy) is 1. The van der Waals surface area contributed by atoms with Gasteiger partial charge in [-0.25, -0.2) is 5.48 Å². The van der Waals surface area contributed by atoms with Crippen molar-refractivity contribution < 1.29 is 27.9 Å².